The van der Waals surface area contributed by atoms with Gasteiger partial charge in [-0.25, -0.2) is 0 Å². The van der Waals surface area contributed by atoms with Crippen molar-refractivity contribution in [2.24, 2.45) is 11.7 Å². The van der Waals surface area contributed by atoms with Gasteiger partial charge in [0.25, 0.3) is 0 Å². The van der Waals surface area contributed by atoms with Gasteiger partial charge in [0.2, 0.25) is 5.91 Å². The molecule has 0 aliphatic rings. The Morgan fingerprint density at radius 3 is 1.50 bits per heavy atom. The summed E-state index contributed by atoms with van der Waals surface area (Å²) in [7, 11) is 0. The van der Waals surface area contributed by atoms with E-state index in [0.717, 1.165) is 5.57 Å². The van der Waals surface area contributed by atoms with Crippen LogP contribution < -0.4 is 5.73 Å². The van der Waals surface area contributed by atoms with E-state index in [2.05, 4.69) is 19.9 Å². The average molecular weight is 338 g/mol. The van der Waals surface area contributed by atoms with Gasteiger partial charge in [-0.05, 0) is 25.7 Å². The molecule has 2 nitrogen and oxygen atoms in total. The van der Waals surface area contributed by atoms with Crippen LogP contribution in [-0.2, 0) is 4.79 Å². The van der Waals surface area contributed by atoms with Crippen LogP contribution in [0.1, 0.15) is 117 Å². The molecule has 1 unspecified atom stereocenters. The first kappa shape index (κ1) is 23.2. The Balaban J connectivity index is 4.01. The quantitative estimate of drug-likeness (QED) is 0.227. The molecular formula is C22H43NO. The van der Waals surface area contributed by atoms with Crippen molar-refractivity contribution in [3.8, 4) is 0 Å². The molecule has 0 aliphatic carbocycles. The number of carbonyl (C=O) groups excluding carboxylic acids is 1. The fourth-order valence-electron chi connectivity index (χ4n) is 3.30. The lowest BCUT2D eigenvalue weighted by atomic mass is 9.92. The molecule has 0 bridgehead atoms. The van der Waals surface area contributed by atoms with Gasteiger partial charge in [-0.2, -0.15) is 0 Å². The van der Waals surface area contributed by atoms with E-state index in [-0.39, 0.29) is 5.91 Å². The standard InChI is InChI=1S/C22H43NO/c1-4-6-8-10-12-14-16-18-21(19-20(3)22(23)24)17-15-13-11-9-7-5-2/h19,21H,4-18H2,1-3H3,(H2,23,24). The Labute approximate surface area is 151 Å². The van der Waals surface area contributed by atoms with Crippen LogP contribution in [0.5, 0.6) is 0 Å². The number of allylic oxidation sites excluding steroid dienone is 1. The van der Waals surface area contributed by atoms with E-state index in [1.807, 2.05) is 6.92 Å². The number of primary amides is 1. The molecule has 142 valence electrons. The molecule has 0 heterocycles. The van der Waals surface area contributed by atoms with Gasteiger partial charge in [0.1, 0.15) is 0 Å². The summed E-state index contributed by atoms with van der Waals surface area (Å²) >= 11 is 0. The zero-order chi connectivity index (χ0) is 18.0. The highest BCUT2D eigenvalue weighted by atomic mass is 16.1. The predicted molar refractivity (Wildman–Crippen MR) is 107 cm³/mol. The molecule has 0 aromatic heterocycles. The molecule has 2 N–H and O–H groups in total. The molecule has 0 spiro atoms. The number of nitrogens with two attached hydrogens (primary N) is 1. The zero-order valence-corrected chi connectivity index (χ0v) is 16.7. The van der Waals surface area contributed by atoms with Crippen molar-refractivity contribution in [2.45, 2.75) is 117 Å². The normalized spacial score (nSPS) is 13.2. The van der Waals surface area contributed by atoms with Gasteiger partial charge >= 0.3 is 0 Å². The zero-order valence-electron chi connectivity index (χ0n) is 16.7. The highest BCUT2D eigenvalue weighted by Crippen LogP contribution is 2.21. The molecule has 0 aromatic rings. The number of hydrogen-bond acceptors (Lipinski definition) is 1. The lowest BCUT2D eigenvalue weighted by Gasteiger charge is -2.14. The minimum atomic E-state index is -0.262. The van der Waals surface area contributed by atoms with Crippen LogP contribution in [0, 0.1) is 5.92 Å². The van der Waals surface area contributed by atoms with E-state index in [1.165, 1.54) is 96.3 Å². The summed E-state index contributed by atoms with van der Waals surface area (Å²) in [6.07, 6.45) is 22.0. The molecule has 2 heteroatoms. The topological polar surface area (TPSA) is 43.1 Å². The summed E-state index contributed by atoms with van der Waals surface area (Å²) in [5.41, 5.74) is 6.15. The molecular weight excluding hydrogens is 294 g/mol. The van der Waals surface area contributed by atoms with E-state index >= 15 is 0 Å². The van der Waals surface area contributed by atoms with Gasteiger partial charge in [-0.1, -0.05) is 103 Å². The SMILES string of the molecule is CCCCCCCCCC(C=C(C)C(N)=O)CCCCCCCC. The second-order valence-corrected chi connectivity index (χ2v) is 7.44. The van der Waals surface area contributed by atoms with Crippen LogP contribution in [0.4, 0.5) is 0 Å². The Kier molecular flexibility index (Phi) is 16.5. The van der Waals surface area contributed by atoms with Gasteiger partial charge < -0.3 is 5.73 Å². The molecule has 0 saturated carbocycles. The van der Waals surface area contributed by atoms with Crippen LogP contribution >= 0.6 is 0 Å². The van der Waals surface area contributed by atoms with Crippen LogP contribution in [-0.4, -0.2) is 5.91 Å². The monoisotopic (exact) mass is 337 g/mol. The third kappa shape index (κ3) is 14.8. The second kappa shape index (κ2) is 17.0. The average Bonchev–Trinajstić information content (AvgIpc) is 2.56. The molecule has 0 saturated heterocycles. The van der Waals surface area contributed by atoms with Crippen molar-refractivity contribution >= 4 is 5.91 Å². The van der Waals surface area contributed by atoms with E-state index in [4.69, 9.17) is 5.73 Å². The van der Waals surface area contributed by atoms with Crippen LogP contribution in [0.2, 0.25) is 0 Å². The lowest BCUT2D eigenvalue weighted by Crippen LogP contribution is -2.13. The maximum absolute atomic E-state index is 11.3. The summed E-state index contributed by atoms with van der Waals surface area (Å²) < 4.78 is 0. The summed E-state index contributed by atoms with van der Waals surface area (Å²) in [4.78, 5) is 11.3. The summed E-state index contributed by atoms with van der Waals surface area (Å²) in [6.45, 7) is 6.39. The van der Waals surface area contributed by atoms with Gasteiger partial charge in [0.15, 0.2) is 0 Å². The van der Waals surface area contributed by atoms with E-state index < -0.39 is 0 Å². The molecule has 0 aromatic carbocycles. The highest BCUT2D eigenvalue weighted by molar-refractivity contribution is 5.91. The maximum atomic E-state index is 11.3. The number of amides is 1. The minimum absolute atomic E-state index is 0.262. The molecule has 0 rings (SSSR count). The molecule has 1 amide bonds. The molecule has 0 fully saturated rings. The lowest BCUT2D eigenvalue weighted by molar-refractivity contribution is -0.114. The molecule has 0 radical (unpaired) electrons. The Hall–Kier alpha value is -0.790. The van der Waals surface area contributed by atoms with E-state index in [1.54, 1.807) is 0 Å². The molecule has 24 heavy (non-hydrogen) atoms. The fraction of sp³-hybridized carbons (Fsp3) is 0.864. The van der Waals surface area contributed by atoms with Gasteiger partial charge in [-0.3, -0.25) is 4.79 Å². The largest absolute Gasteiger partial charge is 0.366 e. The first-order valence-corrected chi connectivity index (χ1v) is 10.6. The van der Waals surface area contributed by atoms with Gasteiger partial charge in [0.05, 0.1) is 0 Å². The Bertz CT molecular complexity index is 322. The first-order chi connectivity index (χ1) is 11.6. The van der Waals surface area contributed by atoms with Crippen molar-refractivity contribution in [1.82, 2.24) is 0 Å². The van der Waals surface area contributed by atoms with E-state index in [9.17, 15) is 4.79 Å². The highest BCUT2D eigenvalue weighted by Gasteiger charge is 2.08. The van der Waals surface area contributed by atoms with Crippen molar-refractivity contribution < 1.29 is 4.79 Å². The Morgan fingerprint density at radius 1 is 0.750 bits per heavy atom. The smallest absolute Gasteiger partial charge is 0.244 e. The number of carbonyl (C=O) groups is 1. The molecule has 1 atom stereocenters. The van der Waals surface area contributed by atoms with Crippen molar-refractivity contribution in [2.75, 3.05) is 0 Å². The number of hydrogen-bond donors (Lipinski definition) is 1. The summed E-state index contributed by atoms with van der Waals surface area (Å²) in [5, 5.41) is 0. The maximum Gasteiger partial charge on any atom is 0.244 e. The van der Waals surface area contributed by atoms with Crippen LogP contribution in [0.3, 0.4) is 0 Å². The predicted octanol–water partition coefficient (Wildman–Crippen LogP) is 6.93. The van der Waals surface area contributed by atoms with Crippen molar-refractivity contribution in [3.05, 3.63) is 11.6 Å². The van der Waals surface area contributed by atoms with Crippen molar-refractivity contribution in [1.29, 1.82) is 0 Å². The number of rotatable bonds is 17. The fourth-order valence-corrected chi connectivity index (χ4v) is 3.30. The van der Waals surface area contributed by atoms with E-state index in [0.29, 0.717) is 5.92 Å². The first-order valence-electron chi connectivity index (χ1n) is 10.6. The molecule has 0 aliphatic heterocycles. The summed E-state index contributed by atoms with van der Waals surface area (Å²) in [6, 6.07) is 0. The van der Waals surface area contributed by atoms with Crippen molar-refractivity contribution in [3.63, 3.8) is 0 Å². The Morgan fingerprint density at radius 2 is 1.12 bits per heavy atom. The third-order valence-electron chi connectivity index (χ3n) is 4.98. The summed E-state index contributed by atoms with van der Waals surface area (Å²) in [5.74, 6) is 0.279. The van der Waals surface area contributed by atoms with Crippen LogP contribution in [0.25, 0.3) is 0 Å². The third-order valence-corrected chi connectivity index (χ3v) is 4.98. The van der Waals surface area contributed by atoms with Gasteiger partial charge in [-0.15, -0.1) is 0 Å². The van der Waals surface area contributed by atoms with Crippen LogP contribution in [0.15, 0.2) is 11.6 Å². The van der Waals surface area contributed by atoms with Gasteiger partial charge in [0, 0.05) is 5.57 Å². The second-order valence-electron chi connectivity index (χ2n) is 7.44. The number of unbranched alkanes of at least 4 members (excludes halogenated alkanes) is 11. The minimum Gasteiger partial charge on any atom is -0.366 e.